The van der Waals surface area contributed by atoms with Crippen LogP contribution in [0.25, 0.3) is 0 Å². The molecular weight excluding hydrogens is 545 g/mol. The number of hydrogen-bond donors (Lipinski definition) is 1. The Labute approximate surface area is 250 Å². The average Bonchev–Trinajstić information content (AvgIpc) is 2.90. The molecule has 209 valence electrons. The molecule has 0 N–H and O–H groups in total. The van der Waals surface area contributed by atoms with E-state index in [1.165, 1.54) is 62.5 Å². The third-order valence-electron chi connectivity index (χ3n) is 10.2. The second kappa shape index (κ2) is 13.7. The zero-order valence-electron chi connectivity index (χ0n) is 25.7. The summed E-state index contributed by atoms with van der Waals surface area (Å²) in [6.07, 6.45) is 10.4. The van der Waals surface area contributed by atoms with Crippen LogP contribution in [0.2, 0.25) is 0 Å². The predicted molar refractivity (Wildman–Crippen MR) is 176 cm³/mol. The topological polar surface area (TPSA) is 12.4 Å². The summed E-state index contributed by atoms with van der Waals surface area (Å²) in [6.45, 7) is 21.2. The fraction of sp³-hybridized carbons (Fsp3) is 0.647. The van der Waals surface area contributed by atoms with Gasteiger partial charge < -0.3 is 0 Å². The molecule has 0 heterocycles. The average molecular weight is 598 g/mol. The Morgan fingerprint density at radius 3 is 1.50 bits per heavy atom. The molecule has 4 rings (SSSR count). The van der Waals surface area contributed by atoms with Gasteiger partial charge >= 0.3 is 24.8 Å². The number of fused-ring (bicyclic) bond motifs is 2. The van der Waals surface area contributed by atoms with Gasteiger partial charge in [0.2, 0.25) is 0 Å². The molecule has 0 unspecified atom stereocenters. The summed E-state index contributed by atoms with van der Waals surface area (Å²) >= 11 is 6.79. The minimum atomic E-state index is 0.341. The second-order valence-corrected chi connectivity index (χ2v) is 13.7. The third kappa shape index (κ3) is 6.88. The summed E-state index contributed by atoms with van der Waals surface area (Å²) in [4.78, 5) is 0. The molecule has 1 nitrogen and oxygen atoms in total. The summed E-state index contributed by atoms with van der Waals surface area (Å²) < 4.78 is 2.69. The van der Waals surface area contributed by atoms with Crippen molar-refractivity contribution in [3.05, 3.63) is 69.8 Å². The second-order valence-electron chi connectivity index (χ2n) is 12.9. The molecule has 0 aromatic heterocycles. The van der Waals surface area contributed by atoms with Crippen molar-refractivity contribution in [1.29, 1.82) is 0 Å². The van der Waals surface area contributed by atoms with Crippen LogP contribution in [0.4, 0.5) is 0 Å². The molecule has 1 radical (unpaired) electrons. The van der Waals surface area contributed by atoms with Crippen molar-refractivity contribution in [2.24, 2.45) is 4.30 Å². The van der Waals surface area contributed by atoms with E-state index in [-0.39, 0.29) is 0 Å². The van der Waals surface area contributed by atoms with Crippen LogP contribution in [0, 0.1) is 6.92 Å². The van der Waals surface area contributed by atoms with Crippen LogP contribution < -0.4 is 0 Å². The quantitative estimate of drug-likeness (QED) is 0.200. The number of benzene rings is 2. The van der Waals surface area contributed by atoms with Gasteiger partial charge in [0.1, 0.15) is 0 Å². The summed E-state index contributed by atoms with van der Waals surface area (Å²) in [5, 5.41) is 0.963. The number of halogens is 1. The first-order valence-corrected chi connectivity index (χ1v) is 16.2. The van der Waals surface area contributed by atoms with Crippen LogP contribution in [-0.4, -0.2) is 7.64 Å². The summed E-state index contributed by atoms with van der Waals surface area (Å²) in [5.41, 5.74) is 10.8. The first-order valence-electron chi connectivity index (χ1n) is 14.7. The van der Waals surface area contributed by atoms with Crippen molar-refractivity contribution < 1.29 is 0 Å². The fourth-order valence-electron chi connectivity index (χ4n) is 7.00. The van der Waals surface area contributed by atoms with Crippen LogP contribution in [-0.2, 0) is 27.0 Å². The fourth-order valence-corrected chi connectivity index (χ4v) is 7.35. The molecule has 0 saturated heterocycles. The number of nitrogens with zero attached hydrogens (tertiary/aromatic N) is 1. The molecular formula is C34H52BBrNS. The normalized spacial score (nSPS) is 19.4. The van der Waals surface area contributed by atoms with Gasteiger partial charge in [0, 0.05) is 5.33 Å². The SMILES string of the molecule is CCC1(CC)CCC(C)(C)c2ccc(C)cc21.CCC1(CC)CCC(C)(C)c2ccc(CBr)cc21.[B]=NS. The Balaban J connectivity index is 0.000000242. The number of aryl methyl sites for hydroxylation is 1. The van der Waals surface area contributed by atoms with Crippen molar-refractivity contribution in [2.45, 2.75) is 141 Å². The summed E-state index contributed by atoms with van der Waals surface area (Å²) in [6, 6.07) is 14.2. The molecule has 2 aromatic carbocycles. The van der Waals surface area contributed by atoms with E-state index in [0.717, 1.165) is 5.33 Å². The van der Waals surface area contributed by atoms with Crippen LogP contribution in [0.15, 0.2) is 40.7 Å². The molecule has 2 aromatic rings. The molecule has 4 heteroatoms. The van der Waals surface area contributed by atoms with Crippen molar-refractivity contribution in [3.8, 4) is 0 Å². The number of thiol groups is 1. The molecule has 0 amide bonds. The molecule has 0 saturated carbocycles. The zero-order valence-corrected chi connectivity index (χ0v) is 28.2. The van der Waals surface area contributed by atoms with Gasteiger partial charge in [0.25, 0.3) is 0 Å². The van der Waals surface area contributed by atoms with Crippen LogP contribution in [0.5, 0.6) is 0 Å². The van der Waals surface area contributed by atoms with E-state index in [1.54, 1.807) is 22.3 Å². The Morgan fingerprint density at radius 2 is 1.11 bits per heavy atom. The number of hydrogen-bond acceptors (Lipinski definition) is 2. The molecule has 0 fully saturated rings. The van der Waals surface area contributed by atoms with Crippen LogP contribution >= 0.6 is 28.7 Å². The van der Waals surface area contributed by atoms with E-state index in [9.17, 15) is 0 Å². The van der Waals surface area contributed by atoms with E-state index in [1.807, 2.05) is 0 Å². The number of rotatable bonds is 5. The first-order chi connectivity index (χ1) is 17.9. The van der Waals surface area contributed by atoms with Gasteiger partial charge in [-0.25, -0.2) is 0 Å². The Hall–Kier alpha value is -0.865. The zero-order chi connectivity index (χ0) is 28.8. The predicted octanol–water partition coefficient (Wildman–Crippen LogP) is 11.0. The van der Waals surface area contributed by atoms with E-state index < -0.39 is 0 Å². The van der Waals surface area contributed by atoms with Gasteiger partial charge in [-0.05, 0) is 108 Å². The van der Waals surface area contributed by atoms with Gasteiger partial charge in [0.15, 0.2) is 0 Å². The third-order valence-corrected chi connectivity index (χ3v) is 10.8. The molecule has 2 aliphatic rings. The van der Waals surface area contributed by atoms with Crippen molar-refractivity contribution in [1.82, 2.24) is 0 Å². The minimum absolute atomic E-state index is 0.341. The van der Waals surface area contributed by atoms with Gasteiger partial charge in [-0.2, -0.15) is 0 Å². The molecule has 0 spiro atoms. The molecule has 0 atom stereocenters. The summed E-state index contributed by atoms with van der Waals surface area (Å²) in [7, 11) is 4.34. The number of alkyl halides is 1. The molecule has 0 bridgehead atoms. The van der Waals surface area contributed by atoms with Gasteiger partial charge in [-0.1, -0.05) is 113 Å². The Kier molecular flexibility index (Phi) is 12.0. The van der Waals surface area contributed by atoms with Gasteiger partial charge in [-0.15, -0.1) is 0 Å². The van der Waals surface area contributed by atoms with Gasteiger partial charge in [0.05, 0.1) is 0 Å². The Bertz CT molecular complexity index is 1070. The molecule has 2 aliphatic carbocycles. The van der Waals surface area contributed by atoms with E-state index >= 15 is 0 Å². The van der Waals surface area contributed by atoms with E-state index in [4.69, 9.17) is 0 Å². The van der Waals surface area contributed by atoms with Crippen molar-refractivity contribution in [3.63, 3.8) is 0 Å². The first kappa shape index (κ1) is 33.3. The van der Waals surface area contributed by atoms with Crippen LogP contribution in [0.1, 0.15) is 140 Å². The summed E-state index contributed by atoms with van der Waals surface area (Å²) in [5.74, 6) is 0. The maximum absolute atomic E-state index is 4.34. The Morgan fingerprint density at radius 1 is 0.711 bits per heavy atom. The van der Waals surface area contributed by atoms with Crippen molar-refractivity contribution >= 4 is 36.4 Å². The van der Waals surface area contributed by atoms with E-state index in [2.05, 4.69) is 139 Å². The molecule has 38 heavy (non-hydrogen) atoms. The maximum atomic E-state index is 4.34. The van der Waals surface area contributed by atoms with Gasteiger partial charge in [-0.3, -0.25) is 0 Å². The standard InChI is InChI=1S/C17H25Br.C17H26.BHNS/c1-5-17(6-2)10-9-16(3,4)14-8-7-13(12-18)11-15(14)17;1-6-17(7-2)11-10-16(4,5)14-9-8-13(3)12-15(14)17;1-2-3/h7-8,11H,5-6,9-10,12H2,1-4H3;8-9,12H,6-7,10-11H2,1-5H3;3H. The molecule has 0 aliphatic heterocycles. The van der Waals surface area contributed by atoms with Crippen molar-refractivity contribution in [2.75, 3.05) is 0 Å². The monoisotopic (exact) mass is 596 g/mol. The van der Waals surface area contributed by atoms with Crippen LogP contribution in [0.3, 0.4) is 0 Å². The van der Waals surface area contributed by atoms with E-state index in [0.29, 0.717) is 21.7 Å².